The lowest BCUT2D eigenvalue weighted by Gasteiger charge is -2.25. The van der Waals surface area contributed by atoms with Gasteiger partial charge in [0.15, 0.2) is 0 Å². The molecular weight excluding hydrogens is 304 g/mol. The van der Waals surface area contributed by atoms with E-state index in [9.17, 15) is 4.79 Å². The van der Waals surface area contributed by atoms with Crippen molar-refractivity contribution < 1.29 is 4.79 Å². The van der Waals surface area contributed by atoms with Crippen LogP contribution in [0.2, 0.25) is 0 Å². The number of anilines is 1. The highest BCUT2D eigenvalue weighted by atomic mass is 16.2. The topological polar surface area (TPSA) is 76.8 Å². The Morgan fingerprint density at radius 2 is 2.04 bits per heavy atom. The van der Waals surface area contributed by atoms with Gasteiger partial charge in [-0.1, -0.05) is 34.9 Å². The second-order valence-corrected chi connectivity index (χ2v) is 5.84. The molecule has 3 aromatic rings. The molecule has 0 bridgehead atoms. The van der Waals surface area contributed by atoms with E-state index in [1.165, 1.54) is 5.56 Å². The first kappa shape index (κ1) is 14.5. The Hall–Kier alpha value is -3.09. The Bertz CT molecular complexity index is 903. The van der Waals surface area contributed by atoms with Crippen molar-refractivity contribution in [2.75, 3.05) is 11.4 Å². The summed E-state index contributed by atoms with van der Waals surface area (Å²) in [5.74, 6) is 0.361. The number of nitrogens with zero attached hydrogens (tertiary/aromatic N) is 6. The number of rotatable bonds is 2. The molecule has 1 aliphatic heterocycles. The maximum absolute atomic E-state index is 12.9. The van der Waals surface area contributed by atoms with Gasteiger partial charge in [-0.05, 0) is 35.4 Å². The first-order valence-electron chi connectivity index (χ1n) is 7.82. The summed E-state index contributed by atoms with van der Waals surface area (Å²) in [6, 6.07) is 10.00. The normalized spacial score (nSPS) is 13.6. The molecule has 1 amide bonds. The second-order valence-electron chi connectivity index (χ2n) is 5.84. The number of carbonyl (C=O) groups excluding carboxylic acids is 1. The summed E-state index contributed by atoms with van der Waals surface area (Å²) >= 11 is 0. The molecule has 0 fully saturated rings. The molecule has 0 unspecified atom stereocenters. The molecule has 1 aliphatic rings. The summed E-state index contributed by atoms with van der Waals surface area (Å²) in [7, 11) is 0. The summed E-state index contributed by atoms with van der Waals surface area (Å²) in [4.78, 5) is 18.7. The summed E-state index contributed by atoms with van der Waals surface area (Å²) < 4.78 is 1.65. The Kier molecular flexibility index (Phi) is 3.53. The maximum atomic E-state index is 12.9. The molecule has 0 aliphatic carbocycles. The Labute approximate surface area is 138 Å². The first-order chi connectivity index (χ1) is 11.7. The third-order valence-electron chi connectivity index (χ3n) is 4.09. The number of hydrogen-bond acceptors (Lipinski definition) is 5. The van der Waals surface area contributed by atoms with Crippen LogP contribution in [0.15, 0.2) is 42.7 Å². The number of hydrogen-bond donors (Lipinski definition) is 0. The average Bonchev–Trinajstić information content (AvgIpc) is 3.10. The number of aromatic nitrogens is 5. The molecular formula is C17H16N6O. The zero-order valence-electron chi connectivity index (χ0n) is 13.3. The molecule has 4 rings (SSSR count). The van der Waals surface area contributed by atoms with Crippen LogP contribution in [-0.4, -0.2) is 37.6 Å². The Morgan fingerprint density at radius 3 is 2.92 bits per heavy atom. The number of carbonyl (C=O) groups is 1. The monoisotopic (exact) mass is 320 g/mol. The number of fused-ring (bicyclic) bond motifs is 1. The highest BCUT2D eigenvalue weighted by Crippen LogP contribution is 2.23. The van der Waals surface area contributed by atoms with Crippen LogP contribution in [-0.2, 0) is 6.54 Å². The lowest BCUT2D eigenvalue weighted by Crippen LogP contribution is -2.38. The molecule has 1 aromatic carbocycles. The number of aryl methyl sites for hydroxylation is 2. The van der Waals surface area contributed by atoms with Crippen molar-refractivity contribution in [3.63, 3.8) is 0 Å². The van der Waals surface area contributed by atoms with Crippen molar-refractivity contribution >= 4 is 11.9 Å². The minimum atomic E-state index is -0.132. The standard InChI is InChI=1S/C17H16N6O/c1-12-4-2-5-13(8-12)14-9-15(11-18-10-14)16(24)22-6-3-7-23-17(22)19-20-21-23/h2,4-5,8-11H,3,6-7H2,1H3. The largest absolute Gasteiger partial charge is 0.275 e. The van der Waals surface area contributed by atoms with Gasteiger partial charge in [-0.2, -0.15) is 0 Å². The highest BCUT2D eigenvalue weighted by molar-refractivity contribution is 6.05. The van der Waals surface area contributed by atoms with Crippen LogP contribution in [0.1, 0.15) is 22.3 Å². The van der Waals surface area contributed by atoms with E-state index in [-0.39, 0.29) is 5.91 Å². The molecule has 0 saturated heterocycles. The fourth-order valence-electron chi connectivity index (χ4n) is 2.90. The van der Waals surface area contributed by atoms with Gasteiger partial charge in [0.25, 0.3) is 11.9 Å². The van der Waals surface area contributed by atoms with E-state index in [4.69, 9.17) is 0 Å². The van der Waals surface area contributed by atoms with Crippen LogP contribution in [0.3, 0.4) is 0 Å². The lowest BCUT2D eigenvalue weighted by molar-refractivity contribution is 0.0980. The maximum Gasteiger partial charge on any atom is 0.262 e. The summed E-state index contributed by atoms with van der Waals surface area (Å²) in [5.41, 5.74) is 3.66. The van der Waals surface area contributed by atoms with Crippen LogP contribution in [0.25, 0.3) is 11.1 Å². The van der Waals surface area contributed by atoms with Crippen LogP contribution < -0.4 is 4.90 Å². The van der Waals surface area contributed by atoms with Crippen LogP contribution >= 0.6 is 0 Å². The van der Waals surface area contributed by atoms with E-state index in [1.54, 1.807) is 22.0 Å². The van der Waals surface area contributed by atoms with E-state index in [1.807, 2.05) is 31.2 Å². The van der Waals surface area contributed by atoms with E-state index in [0.29, 0.717) is 18.1 Å². The van der Waals surface area contributed by atoms with Gasteiger partial charge in [-0.25, -0.2) is 4.68 Å². The molecule has 0 atom stereocenters. The number of pyridine rings is 1. The summed E-state index contributed by atoms with van der Waals surface area (Å²) in [6.07, 6.45) is 4.19. The number of benzene rings is 1. The predicted molar refractivity (Wildman–Crippen MR) is 88.5 cm³/mol. The molecule has 7 nitrogen and oxygen atoms in total. The van der Waals surface area contributed by atoms with Crippen molar-refractivity contribution in [3.8, 4) is 11.1 Å². The van der Waals surface area contributed by atoms with Crippen molar-refractivity contribution in [3.05, 3.63) is 53.9 Å². The minimum Gasteiger partial charge on any atom is -0.275 e. The van der Waals surface area contributed by atoms with E-state index >= 15 is 0 Å². The van der Waals surface area contributed by atoms with Crippen molar-refractivity contribution in [2.24, 2.45) is 0 Å². The van der Waals surface area contributed by atoms with Crippen molar-refractivity contribution in [2.45, 2.75) is 19.9 Å². The first-order valence-corrected chi connectivity index (χ1v) is 7.82. The molecule has 3 heterocycles. The van der Waals surface area contributed by atoms with Gasteiger partial charge in [0.1, 0.15) is 0 Å². The quantitative estimate of drug-likeness (QED) is 0.722. The lowest BCUT2D eigenvalue weighted by atomic mass is 10.0. The van der Waals surface area contributed by atoms with Crippen molar-refractivity contribution in [1.82, 2.24) is 25.2 Å². The van der Waals surface area contributed by atoms with E-state index in [2.05, 4.69) is 26.6 Å². The Balaban J connectivity index is 1.68. The zero-order valence-corrected chi connectivity index (χ0v) is 13.3. The average molecular weight is 320 g/mol. The Morgan fingerprint density at radius 1 is 1.12 bits per heavy atom. The van der Waals surface area contributed by atoms with Gasteiger partial charge in [0.05, 0.1) is 5.56 Å². The number of amides is 1. The van der Waals surface area contributed by atoms with Crippen molar-refractivity contribution in [1.29, 1.82) is 0 Å². The number of tetrazole rings is 1. The van der Waals surface area contributed by atoms with Gasteiger partial charge in [-0.15, -0.1) is 0 Å². The molecule has 0 radical (unpaired) electrons. The van der Waals surface area contributed by atoms with Crippen LogP contribution in [0.4, 0.5) is 5.95 Å². The SMILES string of the molecule is Cc1cccc(-c2cncc(C(=O)N3CCCn4nnnc43)c2)c1. The van der Waals surface area contributed by atoms with E-state index in [0.717, 1.165) is 24.1 Å². The molecule has 7 heteroatoms. The van der Waals surface area contributed by atoms with Crippen LogP contribution in [0, 0.1) is 6.92 Å². The summed E-state index contributed by atoms with van der Waals surface area (Å²) in [5, 5.41) is 11.5. The summed E-state index contributed by atoms with van der Waals surface area (Å²) in [6.45, 7) is 3.38. The van der Waals surface area contributed by atoms with Gasteiger partial charge in [0, 0.05) is 31.0 Å². The van der Waals surface area contributed by atoms with Gasteiger partial charge in [-0.3, -0.25) is 14.7 Å². The zero-order chi connectivity index (χ0) is 16.5. The minimum absolute atomic E-state index is 0.132. The molecule has 24 heavy (non-hydrogen) atoms. The van der Waals surface area contributed by atoms with Gasteiger partial charge in [0.2, 0.25) is 0 Å². The third kappa shape index (κ3) is 2.54. The molecule has 120 valence electrons. The molecule has 0 N–H and O–H groups in total. The molecule has 2 aromatic heterocycles. The van der Waals surface area contributed by atoms with E-state index < -0.39 is 0 Å². The fraction of sp³-hybridized carbons (Fsp3) is 0.235. The molecule has 0 saturated carbocycles. The smallest absolute Gasteiger partial charge is 0.262 e. The molecule has 0 spiro atoms. The predicted octanol–water partition coefficient (Wildman–Crippen LogP) is 2.09. The van der Waals surface area contributed by atoms with Gasteiger partial charge >= 0.3 is 0 Å². The van der Waals surface area contributed by atoms with Crippen LogP contribution in [0.5, 0.6) is 0 Å². The second kappa shape index (κ2) is 5.84. The third-order valence-corrected chi connectivity index (χ3v) is 4.09. The highest BCUT2D eigenvalue weighted by Gasteiger charge is 2.26. The van der Waals surface area contributed by atoms with Gasteiger partial charge < -0.3 is 0 Å². The fourth-order valence-corrected chi connectivity index (χ4v) is 2.90.